The first kappa shape index (κ1) is 25.1. The van der Waals surface area contributed by atoms with E-state index >= 15 is 0 Å². The van der Waals surface area contributed by atoms with Crippen LogP contribution < -0.4 is 5.32 Å². The minimum absolute atomic E-state index is 0.176. The fourth-order valence-electron chi connectivity index (χ4n) is 7.92. The molecule has 200 valence electrons. The minimum Gasteiger partial charge on any atom is -0.454 e. The van der Waals surface area contributed by atoms with Crippen molar-refractivity contribution in [3.8, 4) is 0 Å². The highest BCUT2D eigenvalue weighted by molar-refractivity contribution is 5.97. The van der Waals surface area contributed by atoms with Gasteiger partial charge in [0, 0.05) is 37.3 Å². The number of hydrogen-bond donors (Lipinski definition) is 1. The molecule has 0 radical (unpaired) electrons. The summed E-state index contributed by atoms with van der Waals surface area (Å²) in [6, 6.07) is 16.7. The zero-order valence-corrected chi connectivity index (χ0v) is 21.9. The Morgan fingerprint density at radius 3 is 1.95 bits per heavy atom. The summed E-state index contributed by atoms with van der Waals surface area (Å²) in [5.41, 5.74) is 1.42. The Hall–Kier alpha value is -3.19. The van der Waals surface area contributed by atoms with E-state index in [1.807, 2.05) is 17.0 Å². The van der Waals surface area contributed by atoms with Crippen LogP contribution in [0.15, 0.2) is 60.7 Å². The maximum atomic E-state index is 13.1. The van der Waals surface area contributed by atoms with Crippen molar-refractivity contribution >= 4 is 17.8 Å². The van der Waals surface area contributed by atoms with Crippen LogP contribution in [0.1, 0.15) is 60.5 Å². The predicted octanol–water partition coefficient (Wildman–Crippen LogP) is 3.81. The molecule has 7 rings (SSSR count). The lowest BCUT2D eigenvalue weighted by Crippen LogP contribution is -2.64. The highest BCUT2D eigenvalue weighted by atomic mass is 16.5. The van der Waals surface area contributed by atoms with Gasteiger partial charge < -0.3 is 15.0 Å². The van der Waals surface area contributed by atoms with E-state index < -0.39 is 12.0 Å². The number of carbonyl (C=O) groups is 3. The van der Waals surface area contributed by atoms with E-state index in [0.29, 0.717) is 29.8 Å². The van der Waals surface area contributed by atoms with Crippen molar-refractivity contribution in [2.45, 2.75) is 50.1 Å². The van der Waals surface area contributed by atoms with Gasteiger partial charge in [-0.05, 0) is 74.0 Å². The van der Waals surface area contributed by atoms with Crippen LogP contribution in [0, 0.1) is 17.8 Å². The average Bonchev–Trinajstić information content (AvgIpc) is 2.94. The summed E-state index contributed by atoms with van der Waals surface area (Å²) in [6.07, 6.45) is 8.29. The van der Waals surface area contributed by atoms with E-state index in [-0.39, 0.29) is 18.4 Å². The Labute approximate surface area is 224 Å². The van der Waals surface area contributed by atoms with E-state index in [9.17, 15) is 14.4 Å². The molecule has 2 aromatic rings. The highest BCUT2D eigenvalue weighted by Gasteiger charge is 2.53. The highest BCUT2D eigenvalue weighted by Crippen LogP contribution is 2.57. The Morgan fingerprint density at radius 2 is 1.37 bits per heavy atom. The number of hydrogen-bond acceptors (Lipinski definition) is 5. The molecular weight excluding hydrogens is 478 g/mol. The predicted molar refractivity (Wildman–Crippen MR) is 143 cm³/mol. The molecule has 2 amide bonds. The molecule has 2 aromatic carbocycles. The third kappa shape index (κ3) is 5.08. The number of piperazine rings is 1. The van der Waals surface area contributed by atoms with Crippen LogP contribution in [-0.2, 0) is 14.3 Å². The second-order valence-electron chi connectivity index (χ2n) is 11.8. The van der Waals surface area contributed by atoms with Crippen LogP contribution in [0.2, 0.25) is 0 Å². The van der Waals surface area contributed by atoms with Gasteiger partial charge in [-0.3, -0.25) is 14.5 Å². The summed E-state index contributed by atoms with van der Waals surface area (Å²) in [7, 11) is 0. The molecule has 0 spiro atoms. The second kappa shape index (κ2) is 10.5. The topological polar surface area (TPSA) is 78.9 Å². The fourth-order valence-corrected chi connectivity index (χ4v) is 7.92. The van der Waals surface area contributed by atoms with Crippen molar-refractivity contribution in [2.75, 3.05) is 32.8 Å². The molecule has 1 unspecified atom stereocenters. The van der Waals surface area contributed by atoms with Crippen molar-refractivity contribution in [2.24, 2.45) is 17.8 Å². The van der Waals surface area contributed by atoms with Gasteiger partial charge in [-0.25, -0.2) is 4.79 Å². The van der Waals surface area contributed by atoms with Gasteiger partial charge in [-0.15, -0.1) is 0 Å². The van der Waals surface area contributed by atoms with E-state index in [1.54, 1.807) is 48.5 Å². The Morgan fingerprint density at radius 1 is 0.816 bits per heavy atom. The van der Waals surface area contributed by atoms with Gasteiger partial charge in [0.2, 0.25) is 0 Å². The molecule has 1 saturated heterocycles. The number of nitrogens with one attached hydrogen (secondary N) is 1. The smallest absolute Gasteiger partial charge is 0.333 e. The zero-order valence-electron chi connectivity index (χ0n) is 21.9. The Kier molecular flexibility index (Phi) is 6.95. The minimum atomic E-state index is -0.996. The van der Waals surface area contributed by atoms with E-state index in [0.717, 1.165) is 30.8 Å². The molecule has 5 aliphatic rings. The monoisotopic (exact) mass is 515 g/mol. The molecule has 1 heterocycles. The number of rotatable bonds is 7. The number of ether oxygens (including phenoxy) is 1. The van der Waals surface area contributed by atoms with Gasteiger partial charge in [0.1, 0.15) is 0 Å². The van der Waals surface area contributed by atoms with E-state index in [2.05, 4.69) is 10.2 Å². The van der Waals surface area contributed by atoms with Gasteiger partial charge in [0.15, 0.2) is 12.6 Å². The molecular formula is C31H37N3O4. The molecule has 1 atom stereocenters. The van der Waals surface area contributed by atoms with Gasteiger partial charge >= 0.3 is 5.97 Å². The molecule has 4 bridgehead atoms. The molecule has 1 N–H and O–H groups in total. The molecule has 1 aliphatic heterocycles. The largest absolute Gasteiger partial charge is 0.454 e. The first-order chi connectivity index (χ1) is 18.5. The second-order valence-corrected chi connectivity index (χ2v) is 11.8. The van der Waals surface area contributed by atoms with Crippen LogP contribution in [-0.4, -0.2) is 65.9 Å². The van der Waals surface area contributed by atoms with Crippen LogP contribution in [0.3, 0.4) is 0 Å². The number of nitrogens with zero attached hydrogens (tertiary/aromatic N) is 2. The third-order valence-corrected chi connectivity index (χ3v) is 9.33. The zero-order chi connectivity index (χ0) is 26.1. The third-order valence-electron chi connectivity index (χ3n) is 9.33. The number of carbonyl (C=O) groups excluding carboxylic acids is 3. The first-order valence-corrected chi connectivity index (χ1v) is 14.1. The summed E-state index contributed by atoms with van der Waals surface area (Å²) in [5.74, 6) is 1.52. The van der Waals surface area contributed by atoms with E-state index in [4.69, 9.17) is 4.74 Å². The molecule has 38 heavy (non-hydrogen) atoms. The molecule has 7 heteroatoms. The van der Waals surface area contributed by atoms with Crippen molar-refractivity contribution in [1.29, 1.82) is 0 Å². The van der Waals surface area contributed by atoms with Crippen LogP contribution >= 0.6 is 0 Å². The van der Waals surface area contributed by atoms with Crippen LogP contribution in [0.5, 0.6) is 0 Å². The summed E-state index contributed by atoms with van der Waals surface area (Å²) >= 11 is 0. The quantitative estimate of drug-likeness (QED) is 0.568. The fraction of sp³-hybridized carbons (Fsp3) is 0.516. The van der Waals surface area contributed by atoms with Crippen LogP contribution in [0.4, 0.5) is 0 Å². The van der Waals surface area contributed by atoms with Gasteiger partial charge in [0.25, 0.3) is 11.8 Å². The first-order valence-electron chi connectivity index (χ1n) is 14.1. The molecule has 0 aromatic heterocycles. The SMILES string of the molecule is O=C(NC(C(=O)OCC(=O)N1CCN(C23CC4CC(CC(C4)C2)C3)CC1)c1ccccc1)c1ccccc1. The number of amides is 2. The van der Waals surface area contributed by atoms with E-state index in [1.165, 1.54) is 38.5 Å². The molecule has 4 saturated carbocycles. The molecule has 5 fully saturated rings. The lowest BCUT2D eigenvalue weighted by atomic mass is 9.52. The molecule has 4 aliphatic carbocycles. The lowest BCUT2D eigenvalue weighted by molar-refractivity contribution is -0.155. The van der Waals surface area contributed by atoms with Crippen molar-refractivity contribution < 1.29 is 19.1 Å². The number of esters is 1. The van der Waals surface area contributed by atoms with Crippen LogP contribution in [0.25, 0.3) is 0 Å². The lowest BCUT2D eigenvalue weighted by Gasteiger charge is -2.61. The number of benzene rings is 2. The van der Waals surface area contributed by atoms with Gasteiger partial charge in [-0.2, -0.15) is 0 Å². The maximum Gasteiger partial charge on any atom is 0.333 e. The van der Waals surface area contributed by atoms with Gasteiger partial charge in [0.05, 0.1) is 0 Å². The Balaban J connectivity index is 1.04. The average molecular weight is 516 g/mol. The normalized spacial score (nSPS) is 29.1. The maximum absolute atomic E-state index is 13.1. The standard InChI is InChI=1S/C31H37N3O4/c35-27(33-11-13-34(14-12-33)31-18-22-15-23(19-31)17-24(16-22)20-31)21-38-30(37)28(25-7-3-1-4-8-25)32-29(36)26-9-5-2-6-10-26/h1-10,22-24,28H,11-21H2,(H,32,36). The van der Waals surface area contributed by atoms with Gasteiger partial charge in [-0.1, -0.05) is 48.5 Å². The van der Waals surface area contributed by atoms with Crippen molar-refractivity contribution in [1.82, 2.24) is 15.1 Å². The summed E-state index contributed by atoms with van der Waals surface area (Å²) in [6.45, 7) is 2.81. The van der Waals surface area contributed by atoms with Crippen molar-refractivity contribution in [3.05, 3.63) is 71.8 Å². The van der Waals surface area contributed by atoms with Crippen molar-refractivity contribution in [3.63, 3.8) is 0 Å². The summed E-state index contributed by atoms with van der Waals surface area (Å²) < 4.78 is 5.48. The summed E-state index contributed by atoms with van der Waals surface area (Å²) in [4.78, 5) is 43.4. The Bertz CT molecular complexity index is 1120. The molecule has 7 nitrogen and oxygen atoms in total. The summed E-state index contributed by atoms with van der Waals surface area (Å²) in [5, 5.41) is 2.78.